The zero-order chi connectivity index (χ0) is 17.1. The Morgan fingerprint density at radius 3 is 2.83 bits per heavy atom. The summed E-state index contributed by atoms with van der Waals surface area (Å²) in [7, 11) is 0. The Bertz CT molecular complexity index is 715. The topological polar surface area (TPSA) is 88.7 Å². The van der Waals surface area contributed by atoms with E-state index in [1.807, 2.05) is 13.0 Å². The fourth-order valence-electron chi connectivity index (χ4n) is 2.82. The number of oxazole rings is 1. The first-order chi connectivity index (χ1) is 11.6. The molecule has 128 valence electrons. The van der Waals surface area contributed by atoms with Crippen LogP contribution in [-0.2, 0) is 0 Å². The lowest BCUT2D eigenvalue weighted by molar-refractivity contribution is 0.0343. The molecule has 7 nitrogen and oxygen atoms in total. The summed E-state index contributed by atoms with van der Waals surface area (Å²) >= 11 is 0. The number of rotatable bonds is 3. The zero-order valence-corrected chi connectivity index (χ0v) is 13.8. The average molecular weight is 331 g/mol. The Kier molecular flexibility index (Phi) is 4.80. The van der Waals surface area contributed by atoms with Crippen LogP contribution in [0.15, 0.2) is 29.1 Å². The van der Waals surface area contributed by atoms with Gasteiger partial charge in [0.05, 0.1) is 11.8 Å². The predicted molar refractivity (Wildman–Crippen MR) is 85.8 cm³/mol. The number of aryl methyl sites for hydroxylation is 2. The van der Waals surface area contributed by atoms with Crippen molar-refractivity contribution in [2.45, 2.75) is 38.9 Å². The minimum absolute atomic E-state index is 0.174. The first kappa shape index (κ1) is 16.4. The monoisotopic (exact) mass is 331 g/mol. The van der Waals surface area contributed by atoms with Crippen molar-refractivity contribution in [2.24, 2.45) is 0 Å². The second-order valence-corrected chi connectivity index (χ2v) is 5.94. The summed E-state index contributed by atoms with van der Waals surface area (Å²) in [6, 6.07) is 3.64. The highest BCUT2D eigenvalue weighted by molar-refractivity contribution is 5.93. The highest BCUT2D eigenvalue weighted by Gasteiger charge is 2.30. The predicted octanol–water partition coefficient (Wildman–Crippen LogP) is 1.73. The van der Waals surface area contributed by atoms with Crippen molar-refractivity contribution in [3.8, 4) is 5.75 Å². The maximum atomic E-state index is 12.5. The molecule has 0 unspecified atom stereocenters. The number of likely N-dealkylation sites (tertiary alicyclic amines) is 1. The van der Waals surface area contributed by atoms with Gasteiger partial charge in [0.15, 0.2) is 12.1 Å². The Morgan fingerprint density at radius 1 is 1.33 bits per heavy atom. The van der Waals surface area contributed by atoms with E-state index < -0.39 is 6.10 Å². The van der Waals surface area contributed by atoms with E-state index in [1.54, 1.807) is 24.1 Å². The van der Waals surface area contributed by atoms with Crippen LogP contribution in [0.25, 0.3) is 0 Å². The molecule has 0 spiro atoms. The summed E-state index contributed by atoms with van der Waals surface area (Å²) in [6.45, 7) is 4.52. The van der Waals surface area contributed by atoms with Gasteiger partial charge in [0.2, 0.25) is 0 Å². The molecule has 2 aromatic heterocycles. The Hall–Kier alpha value is -2.41. The smallest absolute Gasteiger partial charge is 0.276 e. The second-order valence-electron chi connectivity index (χ2n) is 5.94. The normalized spacial score (nSPS) is 21.4. The molecule has 1 aliphatic heterocycles. The van der Waals surface area contributed by atoms with Crippen LogP contribution in [0.2, 0.25) is 0 Å². The van der Waals surface area contributed by atoms with Crippen molar-refractivity contribution in [3.63, 3.8) is 0 Å². The maximum Gasteiger partial charge on any atom is 0.276 e. The molecular formula is C17H21N3O4. The van der Waals surface area contributed by atoms with E-state index in [2.05, 4.69) is 9.97 Å². The van der Waals surface area contributed by atoms with Crippen molar-refractivity contribution in [3.05, 3.63) is 41.9 Å². The summed E-state index contributed by atoms with van der Waals surface area (Å²) in [5.74, 6) is 0.990. The van der Waals surface area contributed by atoms with Gasteiger partial charge >= 0.3 is 0 Å². The van der Waals surface area contributed by atoms with Crippen LogP contribution >= 0.6 is 0 Å². The molecule has 0 aliphatic carbocycles. The van der Waals surface area contributed by atoms with Crippen LogP contribution in [0.4, 0.5) is 0 Å². The van der Waals surface area contributed by atoms with Crippen LogP contribution in [0.1, 0.15) is 34.8 Å². The van der Waals surface area contributed by atoms with Gasteiger partial charge in [0.25, 0.3) is 5.91 Å². The molecule has 1 N–H and O–H groups in total. The lowest BCUT2D eigenvalue weighted by atomic mass is 10.1. The SMILES string of the molecule is Cc1ncccc1O[C@H]1CCN(C(=O)c2ncoc2C)CC[C@@H]1O. The number of aromatic nitrogens is 2. The summed E-state index contributed by atoms with van der Waals surface area (Å²) in [4.78, 5) is 22.4. The van der Waals surface area contributed by atoms with E-state index in [0.29, 0.717) is 43.1 Å². The Morgan fingerprint density at radius 2 is 2.12 bits per heavy atom. The molecule has 7 heteroatoms. The highest BCUT2D eigenvalue weighted by Crippen LogP contribution is 2.22. The number of amides is 1. The zero-order valence-electron chi connectivity index (χ0n) is 13.8. The van der Waals surface area contributed by atoms with E-state index in [-0.39, 0.29) is 12.0 Å². The lowest BCUT2D eigenvalue weighted by Crippen LogP contribution is -2.33. The van der Waals surface area contributed by atoms with Gasteiger partial charge in [0, 0.05) is 25.7 Å². The third-order valence-corrected chi connectivity index (χ3v) is 4.28. The molecule has 1 amide bonds. The minimum atomic E-state index is -0.638. The molecule has 1 aliphatic rings. The molecule has 0 bridgehead atoms. The molecule has 0 aromatic carbocycles. The van der Waals surface area contributed by atoms with Crippen LogP contribution in [-0.4, -0.2) is 51.2 Å². The van der Waals surface area contributed by atoms with Crippen molar-refractivity contribution in [2.75, 3.05) is 13.1 Å². The number of pyridine rings is 1. The molecule has 3 rings (SSSR count). The fourth-order valence-corrected chi connectivity index (χ4v) is 2.82. The van der Waals surface area contributed by atoms with E-state index in [1.165, 1.54) is 6.39 Å². The van der Waals surface area contributed by atoms with Crippen molar-refractivity contribution in [1.82, 2.24) is 14.9 Å². The molecule has 2 atom stereocenters. The van der Waals surface area contributed by atoms with Crippen LogP contribution in [0, 0.1) is 13.8 Å². The third-order valence-electron chi connectivity index (χ3n) is 4.28. The Balaban J connectivity index is 1.68. The number of aliphatic hydroxyl groups is 1. The highest BCUT2D eigenvalue weighted by atomic mass is 16.5. The maximum absolute atomic E-state index is 12.5. The summed E-state index contributed by atoms with van der Waals surface area (Å²) in [5, 5.41) is 10.4. The molecule has 1 saturated heterocycles. The first-order valence-electron chi connectivity index (χ1n) is 8.02. The van der Waals surface area contributed by atoms with Gasteiger partial charge in [-0.3, -0.25) is 9.78 Å². The number of ether oxygens (including phenoxy) is 1. The number of carbonyl (C=O) groups is 1. The summed E-state index contributed by atoms with van der Waals surface area (Å²) in [5.41, 5.74) is 1.10. The first-order valence-corrected chi connectivity index (χ1v) is 8.02. The number of aliphatic hydroxyl groups excluding tert-OH is 1. The molecule has 2 aromatic rings. The second kappa shape index (κ2) is 7.00. The molecule has 3 heterocycles. The van der Waals surface area contributed by atoms with E-state index in [9.17, 15) is 9.90 Å². The van der Waals surface area contributed by atoms with Gasteiger partial charge in [-0.25, -0.2) is 4.98 Å². The summed E-state index contributed by atoms with van der Waals surface area (Å²) in [6.07, 6.45) is 2.95. The molecule has 24 heavy (non-hydrogen) atoms. The van der Waals surface area contributed by atoms with E-state index in [0.717, 1.165) is 5.69 Å². The van der Waals surface area contributed by atoms with E-state index >= 15 is 0 Å². The van der Waals surface area contributed by atoms with Crippen molar-refractivity contribution in [1.29, 1.82) is 0 Å². The fraction of sp³-hybridized carbons (Fsp3) is 0.471. The van der Waals surface area contributed by atoms with Gasteiger partial charge in [-0.15, -0.1) is 0 Å². The molecule has 0 radical (unpaired) electrons. The van der Waals surface area contributed by atoms with Crippen LogP contribution < -0.4 is 4.74 Å². The number of carbonyl (C=O) groups excluding carboxylic acids is 1. The standard InChI is InChI=1S/C17H21N3O4/c1-11-14(4-3-7-18-11)24-15-6-9-20(8-5-13(15)21)17(22)16-12(2)23-10-19-16/h3-4,7,10,13,15,21H,5-6,8-9H2,1-2H3/t13-,15-/m0/s1. The van der Waals surface area contributed by atoms with E-state index in [4.69, 9.17) is 9.15 Å². The number of hydrogen-bond donors (Lipinski definition) is 1. The average Bonchev–Trinajstić information content (AvgIpc) is 2.91. The van der Waals surface area contributed by atoms with Gasteiger partial charge in [-0.05, 0) is 32.4 Å². The van der Waals surface area contributed by atoms with Crippen LogP contribution in [0.3, 0.4) is 0 Å². The largest absolute Gasteiger partial charge is 0.486 e. The van der Waals surface area contributed by atoms with Gasteiger partial charge in [-0.2, -0.15) is 0 Å². The molecular weight excluding hydrogens is 310 g/mol. The third kappa shape index (κ3) is 3.41. The van der Waals surface area contributed by atoms with Crippen molar-refractivity contribution < 1.29 is 19.1 Å². The molecule has 0 saturated carbocycles. The minimum Gasteiger partial charge on any atom is -0.486 e. The Labute approximate surface area is 140 Å². The lowest BCUT2D eigenvalue weighted by Gasteiger charge is -2.22. The molecule has 1 fully saturated rings. The quantitative estimate of drug-likeness (QED) is 0.921. The summed E-state index contributed by atoms with van der Waals surface area (Å²) < 4.78 is 11.0. The van der Waals surface area contributed by atoms with Gasteiger partial charge < -0.3 is 19.2 Å². The van der Waals surface area contributed by atoms with Crippen LogP contribution in [0.5, 0.6) is 5.75 Å². The van der Waals surface area contributed by atoms with Gasteiger partial charge in [-0.1, -0.05) is 0 Å². The number of hydrogen-bond acceptors (Lipinski definition) is 6. The number of nitrogens with zero attached hydrogens (tertiary/aromatic N) is 3. The van der Waals surface area contributed by atoms with Gasteiger partial charge in [0.1, 0.15) is 17.6 Å². The van der Waals surface area contributed by atoms with Crippen molar-refractivity contribution >= 4 is 5.91 Å².